The van der Waals surface area contributed by atoms with Gasteiger partial charge in [-0.3, -0.25) is 0 Å². The van der Waals surface area contributed by atoms with Gasteiger partial charge in [-0.15, -0.1) is 0 Å². The number of rotatable bonds is 2. The number of aryl methyl sites for hydroxylation is 1. The van der Waals surface area contributed by atoms with Crippen LogP contribution in [0.15, 0.2) is 42.5 Å². The summed E-state index contributed by atoms with van der Waals surface area (Å²) >= 11 is 0. The number of fused-ring (bicyclic) bond motifs is 4. The molecule has 2 aliphatic rings. The molecule has 124 valence electrons. The quantitative estimate of drug-likeness (QED) is 0.717. The van der Waals surface area contributed by atoms with E-state index in [1.54, 1.807) is 7.11 Å². The minimum absolute atomic E-state index is 0.261. The number of methoxy groups -OCH3 is 1. The minimum atomic E-state index is 0.261. The highest BCUT2D eigenvalue weighted by molar-refractivity contribution is 5.78. The van der Waals surface area contributed by atoms with Gasteiger partial charge >= 0.3 is 6.01 Å². The number of aromatic nitrogens is 2. The highest BCUT2D eigenvalue weighted by atomic mass is 16.7. The first kappa shape index (κ1) is 14.3. The van der Waals surface area contributed by atoms with E-state index in [0.717, 1.165) is 52.4 Å². The molecule has 3 aromatic rings. The fourth-order valence-corrected chi connectivity index (χ4v) is 3.53. The van der Waals surface area contributed by atoms with E-state index in [1.807, 2.05) is 24.3 Å². The molecule has 0 amide bonds. The lowest BCUT2D eigenvalue weighted by molar-refractivity contribution is 0.174. The molecular formula is C20H16N2O3. The summed E-state index contributed by atoms with van der Waals surface area (Å²) in [6.45, 7) is 0.261. The molecule has 0 saturated carbocycles. The minimum Gasteiger partial charge on any atom is -0.467 e. The first-order valence-corrected chi connectivity index (χ1v) is 8.26. The molecule has 0 N–H and O–H groups in total. The van der Waals surface area contributed by atoms with Crippen LogP contribution in [0.4, 0.5) is 0 Å². The van der Waals surface area contributed by atoms with Gasteiger partial charge < -0.3 is 14.2 Å². The molecule has 0 spiro atoms. The van der Waals surface area contributed by atoms with Crippen LogP contribution in [-0.2, 0) is 12.8 Å². The van der Waals surface area contributed by atoms with Crippen molar-refractivity contribution in [1.82, 2.24) is 9.97 Å². The predicted octanol–water partition coefficient (Wildman–Crippen LogP) is 3.65. The third kappa shape index (κ3) is 2.23. The van der Waals surface area contributed by atoms with Gasteiger partial charge in [0.25, 0.3) is 0 Å². The zero-order valence-corrected chi connectivity index (χ0v) is 13.8. The molecule has 5 heteroatoms. The Morgan fingerprint density at radius 1 is 0.920 bits per heavy atom. The fourth-order valence-electron chi connectivity index (χ4n) is 3.53. The molecule has 5 rings (SSSR count). The fraction of sp³-hybridized carbons (Fsp3) is 0.200. The lowest BCUT2D eigenvalue weighted by Gasteiger charge is -2.21. The van der Waals surface area contributed by atoms with E-state index in [9.17, 15) is 0 Å². The molecular weight excluding hydrogens is 316 g/mol. The van der Waals surface area contributed by atoms with Gasteiger partial charge in [-0.1, -0.05) is 24.3 Å². The van der Waals surface area contributed by atoms with Crippen molar-refractivity contribution in [1.29, 1.82) is 0 Å². The molecule has 0 atom stereocenters. The Balaban J connectivity index is 1.74. The van der Waals surface area contributed by atoms with E-state index in [1.165, 1.54) is 5.56 Å². The summed E-state index contributed by atoms with van der Waals surface area (Å²) in [7, 11) is 1.60. The van der Waals surface area contributed by atoms with Gasteiger partial charge in [-0.25, -0.2) is 0 Å². The van der Waals surface area contributed by atoms with E-state index in [2.05, 4.69) is 28.2 Å². The molecule has 0 fully saturated rings. The zero-order chi connectivity index (χ0) is 16.8. The summed E-state index contributed by atoms with van der Waals surface area (Å²) in [4.78, 5) is 9.29. The van der Waals surface area contributed by atoms with E-state index >= 15 is 0 Å². The largest absolute Gasteiger partial charge is 0.467 e. The van der Waals surface area contributed by atoms with Crippen LogP contribution in [0.5, 0.6) is 17.5 Å². The topological polar surface area (TPSA) is 53.5 Å². The molecule has 0 unspecified atom stereocenters. The molecule has 1 aliphatic heterocycles. The second kappa shape index (κ2) is 5.48. The molecule has 0 radical (unpaired) electrons. The first-order valence-electron chi connectivity index (χ1n) is 8.26. The van der Waals surface area contributed by atoms with Crippen LogP contribution < -0.4 is 14.2 Å². The molecule has 0 saturated heterocycles. The third-order valence-corrected chi connectivity index (χ3v) is 4.73. The SMILES string of the molecule is COc1nc(-c2ccc3c(c2)OCO3)c2c(n1)-c1ccccc1CC2. The van der Waals surface area contributed by atoms with Gasteiger partial charge in [-0.05, 0) is 36.6 Å². The number of hydrogen-bond donors (Lipinski definition) is 0. The summed E-state index contributed by atoms with van der Waals surface area (Å²) in [5.74, 6) is 1.52. The van der Waals surface area contributed by atoms with Crippen molar-refractivity contribution in [3.63, 3.8) is 0 Å². The lowest BCUT2D eigenvalue weighted by atomic mass is 9.87. The van der Waals surface area contributed by atoms with Crippen LogP contribution in [0, 0.1) is 0 Å². The van der Waals surface area contributed by atoms with Gasteiger partial charge in [0.1, 0.15) is 0 Å². The predicted molar refractivity (Wildman–Crippen MR) is 93.0 cm³/mol. The Bertz CT molecular complexity index is 985. The van der Waals surface area contributed by atoms with Crippen molar-refractivity contribution in [2.45, 2.75) is 12.8 Å². The summed E-state index contributed by atoms with van der Waals surface area (Å²) in [6.07, 6.45) is 1.89. The van der Waals surface area contributed by atoms with Crippen molar-refractivity contribution in [2.24, 2.45) is 0 Å². The number of benzene rings is 2. The number of hydrogen-bond acceptors (Lipinski definition) is 5. The van der Waals surface area contributed by atoms with Crippen molar-refractivity contribution in [3.05, 3.63) is 53.6 Å². The Hall–Kier alpha value is -3.08. The summed E-state index contributed by atoms with van der Waals surface area (Å²) in [5, 5.41) is 0. The van der Waals surface area contributed by atoms with E-state index < -0.39 is 0 Å². The second-order valence-electron chi connectivity index (χ2n) is 6.11. The first-order chi connectivity index (χ1) is 12.3. The maximum absolute atomic E-state index is 5.52. The standard InChI is InChI=1S/C20H16N2O3/c1-23-20-21-18(13-7-9-16-17(10-13)25-11-24-16)15-8-6-12-4-2-3-5-14(12)19(15)22-20/h2-5,7,9-10H,6,8,11H2,1H3. The molecule has 1 aromatic heterocycles. The molecule has 2 heterocycles. The number of nitrogens with zero attached hydrogens (tertiary/aromatic N) is 2. The monoisotopic (exact) mass is 332 g/mol. The highest BCUT2D eigenvalue weighted by Crippen LogP contribution is 2.41. The molecule has 2 aromatic carbocycles. The van der Waals surface area contributed by atoms with Crippen LogP contribution in [0.1, 0.15) is 11.1 Å². The van der Waals surface area contributed by atoms with Crippen LogP contribution in [-0.4, -0.2) is 23.9 Å². The van der Waals surface area contributed by atoms with E-state index in [-0.39, 0.29) is 6.79 Å². The smallest absolute Gasteiger partial charge is 0.317 e. The van der Waals surface area contributed by atoms with Gasteiger partial charge in [0, 0.05) is 16.7 Å². The molecule has 5 nitrogen and oxygen atoms in total. The summed E-state index contributed by atoms with van der Waals surface area (Å²) in [5.41, 5.74) is 6.47. The van der Waals surface area contributed by atoms with Crippen LogP contribution in [0.2, 0.25) is 0 Å². The van der Waals surface area contributed by atoms with Crippen LogP contribution in [0.3, 0.4) is 0 Å². The van der Waals surface area contributed by atoms with Crippen molar-refractivity contribution < 1.29 is 14.2 Å². The third-order valence-electron chi connectivity index (χ3n) is 4.73. The van der Waals surface area contributed by atoms with E-state index in [4.69, 9.17) is 14.2 Å². The van der Waals surface area contributed by atoms with Gasteiger partial charge in [-0.2, -0.15) is 9.97 Å². The number of ether oxygens (including phenoxy) is 3. The van der Waals surface area contributed by atoms with Crippen LogP contribution >= 0.6 is 0 Å². The average molecular weight is 332 g/mol. The van der Waals surface area contributed by atoms with Gasteiger partial charge in [0.2, 0.25) is 6.79 Å². The summed E-state index contributed by atoms with van der Waals surface area (Å²) in [6, 6.07) is 14.7. The van der Waals surface area contributed by atoms with E-state index in [0.29, 0.717) is 6.01 Å². The molecule has 25 heavy (non-hydrogen) atoms. The van der Waals surface area contributed by atoms with Gasteiger partial charge in [0.15, 0.2) is 11.5 Å². The Kier molecular flexibility index (Phi) is 3.13. The van der Waals surface area contributed by atoms with Gasteiger partial charge in [0.05, 0.1) is 18.5 Å². The van der Waals surface area contributed by atoms with Crippen molar-refractivity contribution in [3.8, 4) is 40.0 Å². The average Bonchev–Trinajstić information content (AvgIpc) is 3.14. The maximum Gasteiger partial charge on any atom is 0.317 e. The molecule has 0 bridgehead atoms. The normalized spacial score (nSPS) is 14.0. The Morgan fingerprint density at radius 2 is 1.76 bits per heavy atom. The Morgan fingerprint density at radius 3 is 2.68 bits per heavy atom. The second-order valence-corrected chi connectivity index (χ2v) is 6.11. The Labute approximate surface area is 145 Å². The summed E-state index contributed by atoms with van der Waals surface area (Å²) < 4.78 is 16.3. The lowest BCUT2D eigenvalue weighted by Crippen LogP contribution is -2.10. The zero-order valence-electron chi connectivity index (χ0n) is 13.8. The van der Waals surface area contributed by atoms with Crippen molar-refractivity contribution in [2.75, 3.05) is 13.9 Å². The molecule has 1 aliphatic carbocycles. The highest BCUT2D eigenvalue weighted by Gasteiger charge is 2.24. The maximum atomic E-state index is 5.52. The van der Waals surface area contributed by atoms with Crippen LogP contribution in [0.25, 0.3) is 22.5 Å². The van der Waals surface area contributed by atoms with Crippen molar-refractivity contribution >= 4 is 0 Å².